The van der Waals surface area contributed by atoms with Crippen LogP contribution in [0.4, 0.5) is 0 Å². The minimum atomic E-state index is -0.432. The Morgan fingerprint density at radius 1 is 2.00 bits per heavy atom. The zero-order chi connectivity index (χ0) is 7.98. The molecule has 0 aromatic rings. The maximum atomic E-state index is 10.5. The van der Waals surface area contributed by atoms with E-state index < -0.39 is 5.91 Å². The Morgan fingerprint density at radius 2 is 2.60 bits per heavy atom. The first kappa shape index (κ1) is 8.72. The molecule has 0 aliphatic rings. The first-order valence-corrected chi connectivity index (χ1v) is 2.94. The second kappa shape index (κ2) is 4.58. The van der Waals surface area contributed by atoms with Crippen molar-refractivity contribution in [3.05, 3.63) is 6.08 Å². The normalized spacial score (nSPS) is 11.3. The third-order valence-electron chi connectivity index (χ3n) is 1.14. The average Bonchev–Trinajstić information content (AvgIpc) is 1.89. The number of carbonyl (C=O) groups excluding carboxylic acids is 1. The fourth-order valence-electron chi connectivity index (χ4n) is 0.524. The van der Waals surface area contributed by atoms with Crippen LogP contribution in [0.5, 0.6) is 0 Å². The van der Waals surface area contributed by atoms with Crippen molar-refractivity contribution < 1.29 is 10.0 Å². The van der Waals surface area contributed by atoms with Crippen LogP contribution in [-0.4, -0.2) is 17.0 Å². The van der Waals surface area contributed by atoms with E-state index in [-0.39, 0.29) is 5.92 Å². The average molecular weight is 142 g/mol. The van der Waals surface area contributed by atoms with Gasteiger partial charge in [-0.05, 0) is 17.7 Å². The summed E-state index contributed by atoms with van der Waals surface area (Å²) in [6, 6.07) is 0. The van der Waals surface area contributed by atoms with Crippen LogP contribution in [0.25, 0.3) is 0 Å². The van der Waals surface area contributed by atoms with Gasteiger partial charge in [0.1, 0.15) is 0 Å². The van der Waals surface area contributed by atoms with Crippen molar-refractivity contribution in [3.63, 3.8) is 0 Å². The van der Waals surface area contributed by atoms with Crippen LogP contribution >= 0.6 is 0 Å². The summed E-state index contributed by atoms with van der Waals surface area (Å²) in [5, 5.41) is 10.5. The van der Waals surface area contributed by atoms with Crippen molar-refractivity contribution in [1.82, 2.24) is 0 Å². The molecule has 4 nitrogen and oxygen atoms in total. The van der Waals surface area contributed by atoms with Crippen LogP contribution in [0.2, 0.25) is 0 Å². The van der Waals surface area contributed by atoms with E-state index >= 15 is 0 Å². The molecule has 4 heteroatoms. The Balaban J connectivity index is 4.09. The second-order valence-corrected chi connectivity index (χ2v) is 1.81. The van der Waals surface area contributed by atoms with Gasteiger partial charge in [-0.3, -0.25) is 4.79 Å². The van der Waals surface area contributed by atoms with Gasteiger partial charge in [0.05, 0.1) is 5.92 Å². The van der Waals surface area contributed by atoms with Crippen LogP contribution in [0, 0.1) is 5.92 Å². The smallest absolute Gasteiger partial charge is 0.225 e. The molecule has 0 fully saturated rings. The van der Waals surface area contributed by atoms with Crippen molar-refractivity contribution >= 4 is 11.8 Å². The minimum absolute atomic E-state index is 0.379. The number of carbonyl (C=O) groups is 1. The summed E-state index contributed by atoms with van der Waals surface area (Å²) >= 11 is 0. The van der Waals surface area contributed by atoms with Crippen molar-refractivity contribution in [2.75, 3.05) is 0 Å². The van der Waals surface area contributed by atoms with Crippen LogP contribution < -0.4 is 5.73 Å². The Labute approximate surface area is 59.0 Å². The van der Waals surface area contributed by atoms with Gasteiger partial charge < -0.3 is 10.9 Å². The zero-order valence-electron chi connectivity index (χ0n) is 5.74. The second-order valence-electron chi connectivity index (χ2n) is 1.81. The van der Waals surface area contributed by atoms with Crippen molar-refractivity contribution in [1.29, 1.82) is 0 Å². The zero-order valence-corrected chi connectivity index (χ0v) is 5.74. The number of amides is 1. The molecule has 1 amide bonds. The van der Waals surface area contributed by atoms with E-state index in [0.29, 0.717) is 6.42 Å². The summed E-state index contributed by atoms with van der Waals surface area (Å²) in [6.45, 7) is 1.81. The fraction of sp³-hybridized carbons (Fsp3) is 0.500. The molecule has 0 bridgehead atoms. The van der Waals surface area contributed by atoms with Gasteiger partial charge in [0.25, 0.3) is 0 Å². The Bertz CT molecular complexity index is 171. The van der Waals surface area contributed by atoms with E-state index in [4.69, 9.17) is 10.9 Å². The van der Waals surface area contributed by atoms with Gasteiger partial charge in [0.2, 0.25) is 5.91 Å². The molecule has 0 aromatic carbocycles. The molecule has 10 heavy (non-hydrogen) atoms. The van der Waals surface area contributed by atoms with Crippen molar-refractivity contribution in [3.8, 4) is 0 Å². The number of hydrogen-bond donors (Lipinski definition) is 2. The molecule has 0 spiro atoms. The molecule has 1 atom stereocenters. The minimum Gasteiger partial charge on any atom is -0.404 e. The molecule has 0 saturated carbocycles. The van der Waals surface area contributed by atoms with E-state index in [0.717, 1.165) is 0 Å². The number of nitrogens with zero attached hydrogens (tertiary/aromatic N) is 1. The first-order chi connectivity index (χ1) is 4.72. The van der Waals surface area contributed by atoms with Gasteiger partial charge in [-0.1, -0.05) is 6.92 Å². The summed E-state index contributed by atoms with van der Waals surface area (Å²) in [4.78, 5) is 10.5. The molecule has 1 unspecified atom stereocenters. The lowest BCUT2D eigenvalue weighted by atomic mass is 10.1. The lowest BCUT2D eigenvalue weighted by Gasteiger charge is -1.99. The summed E-state index contributed by atoms with van der Waals surface area (Å²) in [5.41, 5.74) is 4.95. The van der Waals surface area contributed by atoms with Crippen LogP contribution in [0.15, 0.2) is 11.2 Å². The molecule has 0 heterocycles. The quantitative estimate of drug-likeness (QED) is 0.333. The third kappa shape index (κ3) is 2.89. The van der Waals surface area contributed by atoms with E-state index in [1.54, 1.807) is 0 Å². The molecule has 0 radical (unpaired) electrons. The Kier molecular flexibility index (Phi) is 4.00. The topological polar surface area (TPSA) is 75.7 Å². The van der Waals surface area contributed by atoms with E-state index in [9.17, 15) is 4.79 Å². The summed E-state index contributed by atoms with van der Waals surface area (Å²) in [7, 11) is 0. The molecular formula is C6H10N2O2. The van der Waals surface area contributed by atoms with Crippen molar-refractivity contribution in [2.24, 2.45) is 16.8 Å². The van der Waals surface area contributed by atoms with Gasteiger partial charge in [-0.2, -0.15) is 0 Å². The molecule has 56 valence electrons. The predicted molar refractivity (Wildman–Crippen MR) is 36.8 cm³/mol. The summed E-state index contributed by atoms with van der Waals surface area (Å²) in [5.74, 6) is 1.32. The maximum absolute atomic E-state index is 10.5. The van der Waals surface area contributed by atoms with Gasteiger partial charge in [-0.15, -0.1) is 0 Å². The predicted octanol–water partition coefficient (Wildman–Crippen LogP) is 0.113. The van der Waals surface area contributed by atoms with Gasteiger partial charge >= 0.3 is 0 Å². The van der Waals surface area contributed by atoms with Crippen LogP contribution in [-0.2, 0) is 4.79 Å². The molecule has 0 saturated heterocycles. The van der Waals surface area contributed by atoms with E-state index in [1.165, 1.54) is 6.08 Å². The summed E-state index contributed by atoms with van der Waals surface area (Å²) < 4.78 is 0. The lowest BCUT2D eigenvalue weighted by molar-refractivity contribution is -0.120. The van der Waals surface area contributed by atoms with Gasteiger partial charge in [0.15, 0.2) is 0 Å². The maximum Gasteiger partial charge on any atom is 0.225 e. The number of primary amides is 1. The molecule has 0 rings (SSSR count). The molecule has 3 N–H and O–H groups in total. The van der Waals surface area contributed by atoms with Gasteiger partial charge in [0, 0.05) is 5.87 Å². The monoisotopic (exact) mass is 142 g/mol. The highest BCUT2D eigenvalue weighted by Gasteiger charge is 2.07. The highest BCUT2D eigenvalue weighted by molar-refractivity contribution is 5.80. The molecular weight excluding hydrogens is 132 g/mol. The summed E-state index contributed by atoms with van der Waals surface area (Å²) in [6.07, 6.45) is 1.93. The Hall–Kier alpha value is -1.28. The highest BCUT2D eigenvalue weighted by atomic mass is 16.4. The SMILES string of the molecule is CCC(C=C=NO)C(N)=O. The number of nitrogens with two attached hydrogens (primary N) is 1. The first-order valence-electron chi connectivity index (χ1n) is 2.94. The standard InChI is InChI=1S/C6H10N2O2/c1-2-5(6(7)9)3-4-8-10/h3,5,10H,2H2,1H3,(H2,7,9). The number of hydrogen-bond acceptors (Lipinski definition) is 3. The van der Waals surface area contributed by atoms with E-state index in [1.807, 2.05) is 6.92 Å². The third-order valence-corrected chi connectivity index (χ3v) is 1.14. The van der Waals surface area contributed by atoms with Crippen LogP contribution in [0.1, 0.15) is 13.3 Å². The van der Waals surface area contributed by atoms with Gasteiger partial charge in [-0.25, -0.2) is 0 Å². The van der Waals surface area contributed by atoms with Crippen LogP contribution in [0.3, 0.4) is 0 Å². The molecule has 0 aliphatic heterocycles. The van der Waals surface area contributed by atoms with E-state index in [2.05, 4.69) is 11.0 Å². The molecule has 0 aromatic heterocycles. The highest BCUT2D eigenvalue weighted by Crippen LogP contribution is 1.99. The lowest BCUT2D eigenvalue weighted by Crippen LogP contribution is -2.20. The molecule has 0 aliphatic carbocycles. The Morgan fingerprint density at radius 3 is 2.90 bits per heavy atom. The number of rotatable bonds is 3. The fourth-order valence-corrected chi connectivity index (χ4v) is 0.524. The van der Waals surface area contributed by atoms with Crippen molar-refractivity contribution in [2.45, 2.75) is 13.3 Å². The largest absolute Gasteiger partial charge is 0.404 e.